The van der Waals surface area contributed by atoms with Crippen molar-refractivity contribution < 1.29 is 4.79 Å². The van der Waals surface area contributed by atoms with Gasteiger partial charge in [-0.3, -0.25) is 4.79 Å². The minimum absolute atomic E-state index is 0.421. The summed E-state index contributed by atoms with van der Waals surface area (Å²) in [5, 5.41) is 11.0. The van der Waals surface area contributed by atoms with E-state index in [0.29, 0.717) is 11.1 Å². The van der Waals surface area contributed by atoms with E-state index >= 15 is 0 Å². The van der Waals surface area contributed by atoms with E-state index in [1.165, 1.54) is 4.88 Å². The highest BCUT2D eigenvalue weighted by molar-refractivity contribution is 7.09. The summed E-state index contributed by atoms with van der Waals surface area (Å²) in [7, 11) is 0. The van der Waals surface area contributed by atoms with Crippen LogP contribution in [-0.4, -0.2) is 10.5 Å². The molecule has 0 aliphatic carbocycles. The van der Waals surface area contributed by atoms with Crippen LogP contribution in [0.5, 0.6) is 0 Å². The summed E-state index contributed by atoms with van der Waals surface area (Å²) in [5.74, 6) is -0.421. The first-order chi connectivity index (χ1) is 12.0. The predicted octanol–water partition coefficient (Wildman–Crippen LogP) is 4.05. The second-order valence-corrected chi connectivity index (χ2v) is 6.99. The maximum absolute atomic E-state index is 12.1. The molecule has 0 fully saturated rings. The van der Waals surface area contributed by atoms with Crippen LogP contribution in [0.3, 0.4) is 0 Å². The lowest BCUT2D eigenvalue weighted by molar-refractivity contribution is 0.1000. The molecule has 126 valence electrons. The Kier molecular flexibility index (Phi) is 4.73. The molecule has 1 aromatic carbocycles. The number of aryl methyl sites for hydroxylation is 1. The van der Waals surface area contributed by atoms with Crippen molar-refractivity contribution in [2.75, 3.05) is 0 Å². The Bertz CT molecular complexity index is 944. The van der Waals surface area contributed by atoms with Crippen LogP contribution in [0.4, 0.5) is 0 Å². The number of carbonyl (C=O) groups excluding carboxylic acids is 1. The molecule has 2 heterocycles. The molecule has 2 N–H and O–H groups in total. The van der Waals surface area contributed by atoms with Gasteiger partial charge in [-0.25, -0.2) is 0 Å². The number of nitriles is 1. The van der Waals surface area contributed by atoms with Crippen molar-refractivity contribution in [2.45, 2.75) is 26.8 Å². The van der Waals surface area contributed by atoms with Crippen LogP contribution in [-0.2, 0) is 13.0 Å². The molecule has 0 spiro atoms. The summed E-state index contributed by atoms with van der Waals surface area (Å²) in [5.41, 5.74) is 10.5. The van der Waals surface area contributed by atoms with Crippen molar-refractivity contribution in [1.82, 2.24) is 4.57 Å². The van der Waals surface area contributed by atoms with Crippen LogP contribution in [0.15, 0.2) is 41.8 Å². The largest absolute Gasteiger partial charge is 0.366 e. The minimum Gasteiger partial charge on any atom is -0.366 e. The third-order valence-electron chi connectivity index (χ3n) is 4.49. The number of benzene rings is 1. The number of thiophene rings is 1. The number of hydrogen-bond donors (Lipinski definition) is 1. The summed E-state index contributed by atoms with van der Waals surface area (Å²) >= 11 is 1.74. The maximum atomic E-state index is 12.1. The number of rotatable bonds is 5. The second kappa shape index (κ2) is 6.96. The fourth-order valence-corrected chi connectivity index (χ4v) is 3.96. The first-order valence-corrected chi connectivity index (χ1v) is 8.93. The lowest BCUT2D eigenvalue weighted by atomic mass is 9.99. The highest BCUT2D eigenvalue weighted by atomic mass is 32.1. The Labute approximate surface area is 151 Å². The van der Waals surface area contributed by atoms with Gasteiger partial charge in [0.05, 0.1) is 17.2 Å². The molecule has 0 atom stereocenters. The Morgan fingerprint density at radius 2 is 1.92 bits per heavy atom. The van der Waals surface area contributed by atoms with Gasteiger partial charge in [0, 0.05) is 28.4 Å². The van der Waals surface area contributed by atoms with Crippen LogP contribution in [0.1, 0.15) is 32.2 Å². The molecule has 0 bridgehead atoms. The van der Waals surface area contributed by atoms with Crippen molar-refractivity contribution in [3.63, 3.8) is 0 Å². The van der Waals surface area contributed by atoms with Gasteiger partial charge >= 0.3 is 0 Å². The quantitative estimate of drug-likeness (QED) is 0.755. The van der Waals surface area contributed by atoms with Crippen LogP contribution in [0, 0.1) is 25.2 Å². The SMILES string of the molecule is Cc1c(C(N)=O)c(-c2ccc(C#N)cc2)c(C)n1CCc1cccs1. The van der Waals surface area contributed by atoms with E-state index < -0.39 is 5.91 Å². The molecule has 1 amide bonds. The summed E-state index contributed by atoms with van der Waals surface area (Å²) < 4.78 is 2.16. The number of amides is 1. The van der Waals surface area contributed by atoms with Crippen molar-refractivity contribution >= 4 is 17.2 Å². The van der Waals surface area contributed by atoms with Crippen molar-refractivity contribution in [1.29, 1.82) is 5.26 Å². The Balaban J connectivity index is 2.05. The van der Waals surface area contributed by atoms with Crippen LogP contribution in [0.25, 0.3) is 11.1 Å². The highest BCUT2D eigenvalue weighted by Gasteiger charge is 2.22. The highest BCUT2D eigenvalue weighted by Crippen LogP contribution is 2.32. The van der Waals surface area contributed by atoms with Crippen LogP contribution in [0.2, 0.25) is 0 Å². The molecule has 0 unspecified atom stereocenters. The molecule has 25 heavy (non-hydrogen) atoms. The summed E-state index contributed by atoms with van der Waals surface area (Å²) in [6, 6.07) is 13.5. The maximum Gasteiger partial charge on any atom is 0.251 e. The molecule has 0 radical (unpaired) electrons. The van der Waals surface area contributed by atoms with Gasteiger partial charge in [0.2, 0.25) is 0 Å². The first kappa shape index (κ1) is 17.0. The average molecular weight is 349 g/mol. The molecule has 3 rings (SSSR count). The number of aromatic nitrogens is 1. The van der Waals surface area contributed by atoms with E-state index in [1.807, 2.05) is 32.0 Å². The number of carbonyl (C=O) groups is 1. The minimum atomic E-state index is -0.421. The van der Waals surface area contributed by atoms with E-state index in [1.54, 1.807) is 23.5 Å². The first-order valence-electron chi connectivity index (χ1n) is 8.05. The molecule has 4 nitrogen and oxygen atoms in total. The lowest BCUT2D eigenvalue weighted by Gasteiger charge is -2.09. The van der Waals surface area contributed by atoms with Gasteiger partial charge in [-0.05, 0) is 49.4 Å². The molecule has 0 aliphatic rings. The van der Waals surface area contributed by atoms with Gasteiger partial charge in [-0.15, -0.1) is 11.3 Å². The number of nitrogens with two attached hydrogens (primary N) is 1. The number of nitrogens with zero attached hydrogens (tertiary/aromatic N) is 2. The van der Waals surface area contributed by atoms with Gasteiger partial charge in [0.15, 0.2) is 0 Å². The third-order valence-corrected chi connectivity index (χ3v) is 5.43. The monoisotopic (exact) mass is 349 g/mol. The fourth-order valence-electron chi connectivity index (χ4n) is 3.26. The van der Waals surface area contributed by atoms with E-state index in [-0.39, 0.29) is 0 Å². The Hall–Kier alpha value is -2.84. The molecule has 0 saturated heterocycles. The predicted molar refractivity (Wildman–Crippen MR) is 101 cm³/mol. The molecular formula is C20H19N3OS. The van der Waals surface area contributed by atoms with Gasteiger partial charge in [-0.1, -0.05) is 18.2 Å². The van der Waals surface area contributed by atoms with Gasteiger partial charge in [0.1, 0.15) is 0 Å². The molecule has 0 aliphatic heterocycles. The standard InChI is InChI=1S/C20H19N3OS/c1-13-18(16-7-5-15(12-21)6-8-16)19(20(22)24)14(2)23(13)10-9-17-4-3-11-25-17/h3-8,11H,9-10H2,1-2H3,(H2,22,24). The van der Waals surface area contributed by atoms with Crippen LogP contribution >= 0.6 is 11.3 Å². The fraction of sp³-hybridized carbons (Fsp3) is 0.200. The van der Waals surface area contributed by atoms with E-state index in [9.17, 15) is 4.79 Å². The zero-order valence-electron chi connectivity index (χ0n) is 14.2. The Morgan fingerprint density at radius 3 is 2.48 bits per heavy atom. The van der Waals surface area contributed by atoms with Crippen LogP contribution < -0.4 is 5.73 Å². The van der Waals surface area contributed by atoms with E-state index in [4.69, 9.17) is 11.0 Å². The number of primary amides is 1. The van der Waals surface area contributed by atoms with E-state index in [2.05, 4.69) is 22.1 Å². The summed E-state index contributed by atoms with van der Waals surface area (Å²) in [6.45, 7) is 4.75. The normalized spacial score (nSPS) is 10.6. The van der Waals surface area contributed by atoms with Crippen molar-refractivity contribution in [3.8, 4) is 17.2 Å². The smallest absolute Gasteiger partial charge is 0.251 e. The third kappa shape index (κ3) is 3.21. The lowest BCUT2D eigenvalue weighted by Crippen LogP contribution is -2.13. The Morgan fingerprint density at radius 1 is 1.20 bits per heavy atom. The molecule has 2 aromatic heterocycles. The van der Waals surface area contributed by atoms with Crippen molar-refractivity contribution in [3.05, 3.63) is 69.2 Å². The average Bonchev–Trinajstić information content (AvgIpc) is 3.20. The van der Waals surface area contributed by atoms with Gasteiger partial charge < -0.3 is 10.3 Å². The molecular weight excluding hydrogens is 330 g/mol. The zero-order valence-corrected chi connectivity index (χ0v) is 15.1. The molecule has 5 heteroatoms. The van der Waals surface area contributed by atoms with Gasteiger partial charge in [0.25, 0.3) is 5.91 Å². The topological polar surface area (TPSA) is 71.8 Å². The van der Waals surface area contributed by atoms with E-state index in [0.717, 1.165) is 35.5 Å². The molecule has 3 aromatic rings. The molecule has 0 saturated carbocycles. The van der Waals surface area contributed by atoms with Gasteiger partial charge in [-0.2, -0.15) is 5.26 Å². The second-order valence-electron chi connectivity index (χ2n) is 5.96. The summed E-state index contributed by atoms with van der Waals surface area (Å²) in [4.78, 5) is 13.4. The van der Waals surface area contributed by atoms with Crippen molar-refractivity contribution in [2.24, 2.45) is 5.73 Å². The zero-order chi connectivity index (χ0) is 18.0. The number of hydrogen-bond acceptors (Lipinski definition) is 3. The summed E-state index contributed by atoms with van der Waals surface area (Å²) in [6.07, 6.45) is 0.916.